The van der Waals surface area contributed by atoms with E-state index in [9.17, 15) is 14.4 Å². The second kappa shape index (κ2) is 7.44. The van der Waals surface area contributed by atoms with E-state index in [4.69, 9.17) is 18.9 Å². The van der Waals surface area contributed by atoms with Crippen molar-refractivity contribution in [2.45, 2.75) is 59.0 Å². The molecule has 2 aliphatic heterocycles. The van der Waals surface area contributed by atoms with E-state index in [1.807, 2.05) is 6.07 Å². The average molecular weight is 427 g/mol. The first-order valence-corrected chi connectivity index (χ1v) is 10.1. The molecule has 1 aliphatic carbocycles. The third kappa shape index (κ3) is 4.02. The van der Waals surface area contributed by atoms with E-state index in [-0.39, 0.29) is 5.92 Å². The fourth-order valence-corrected chi connectivity index (χ4v) is 3.87. The van der Waals surface area contributed by atoms with E-state index in [0.717, 1.165) is 11.1 Å². The zero-order valence-electron chi connectivity index (χ0n) is 18.1. The summed E-state index contributed by atoms with van der Waals surface area (Å²) < 4.78 is 21.6. The lowest BCUT2D eigenvalue weighted by Gasteiger charge is -2.20. The molecule has 0 bridgehead atoms. The van der Waals surface area contributed by atoms with Gasteiger partial charge in [0.15, 0.2) is 0 Å². The van der Waals surface area contributed by atoms with Crippen LogP contribution in [0.25, 0.3) is 0 Å². The summed E-state index contributed by atoms with van der Waals surface area (Å²) in [6.07, 6.45) is 0.108. The zero-order chi connectivity index (χ0) is 22.5. The van der Waals surface area contributed by atoms with Crippen LogP contribution in [-0.2, 0) is 35.0 Å². The minimum absolute atomic E-state index is 0.207. The van der Waals surface area contributed by atoms with Gasteiger partial charge in [0, 0.05) is 22.8 Å². The van der Waals surface area contributed by atoms with Gasteiger partial charge in [0.1, 0.15) is 11.7 Å². The molecular weight excluding hydrogens is 402 g/mol. The molecule has 164 valence electrons. The molecule has 3 aliphatic rings. The number of amides is 1. The molecule has 1 fully saturated rings. The van der Waals surface area contributed by atoms with Crippen molar-refractivity contribution in [2.75, 3.05) is 5.32 Å². The standard InChI is InChI=1S/C23H25NO7/c1-11-12(2)21(30-19(11)25)28-10-17-16-8-13-6-7-14(24-22(27)31-23(3,4)5)9-15(13)18(16)29-20(17)26/h6-7,9-10,16,18,21H,8H2,1-5H3,(H,24,27)/b17-10+/t16-,18+,21-/m0/s1. The van der Waals surface area contributed by atoms with E-state index in [1.165, 1.54) is 6.26 Å². The number of esters is 2. The molecule has 0 radical (unpaired) electrons. The molecule has 1 aromatic carbocycles. The van der Waals surface area contributed by atoms with Crippen LogP contribution in [0, 0.1) is 5.92 Å². The Labute approximate surface area is 180 Å². The van der Waals surface area contributed by atoms with E-state index >= 15 is 0 Å². The molecule has 8 nitrogen and oxygen atoms in total. The largest absolute Gasteiger partial charge is 0.458 e. The van der Waals surface area contributed by atoms with E-state index in [0.29, 0.717) is 28.8 Å². The Kier molecular flexibility index (Phi) is 5.03. The molecule has 1 N–H and O–H groups in total. The van der Waals surface area contributed by atoms with Gasteiger partial charge in [0.2, 0.25) is 0 Å². The summed E-state index contributed by atoms with van der Waals surface area (Å²) in [5, 5.41) is 2.71. The average Bonchev–Trinajstić information content (AvgIpc) is 3.24. The molecular formula is C23H25NO7. The van der Waals surface area contributed by atoms with Crippen molar-refractivity contribution >= 4 is 23.7 Å². The minimum atomic E-state index is -0.833. The second-order valence-electron chi connectivity index (χ2n) is 8.93. The summed E-state index contributed by atoms with van der Waals surface area (Å²) in [5.74, 6) is -1.10. The van der Waals surface area contributed by atoms with Gasteiger partial charge in [-0.15, -0.1) is 0 Å². The van der Waals surface area contributed by atoms with Gasteiger partial charge >= 0.3 is 18.0 Å². The molecule has 2 heterocycles. The molecule has 1 aromatic rings. The number of ether oxygens (including phenoxy) is 4. The van der Waals surface area contributed by atoms with Crippen LogP contribution in [0.5, 0.6) is 0 Å². The predicted molar refractivity (Wildman–Crippen MR) is 110 cm³/mol. The fourth-order valence-electron chi connectivity index (χ4n) is 3.87. The molecule has 0 saturated carbocycles. The molecule has 1 amide bonds. The summed E-state index contributed by atoms with van der Waals surface area (Å²) in [7, 11) is 0. The molecule has 8 heteroatoms. The normalized spacial score (nSPS) is 25.8. The minimum Gasteiger partial charge on any atom is -0.458 e. The first-order chi connectivity index (χ1) is 14.5. The number of carbonyl (C=O) groups excluding carboxylic acids is 3. The molecule has 0 aromatic heterocycles. The molecule has 3 atom stereocenters. The van der Waals surface area contributed by atoms with Crippen molar-refractivity contribution in [3.63, 3.8) is 0 Å². The SMILES string of the molecule is CC1=C(C)[C@@H](O/C=C2/C(=O)O[C@@H]3c4cc(NC(=O)OC(C)(C)C)ccc4C[C@@H]23)OC1=O. The third-order valence-corrected chi connectivity index (χ3v) is 5.56. The van der Waals surface area contributed by atoms with Gasteiger partial charge in [-0.2, -0.15) is 0 Å². The molecule has 4 rings (SSSR count). The van der Waals surface area contributed by atoms with Crippen LogP contribution < -0.4 is 5.32 Å². The van der Waals surface area contributed by atoms with E-state index < -0.39 is 36.0 Å². The van der Waals surface area contributed by atoms with Crippen LogP contribution in [0.4, 0.5) is 10.5 Å². The van der Waals surface area contributed by atoms with Crippen molar-refractivity contribution < 1.29 is 33.3 Å². The highest BCUT2D eigenvalue weighted by Gasteiger charge is 2.47. The fraction of sp³-hybridized carbons (Fsp3) is 0.435. The maximum Gasteiger partial charge on any atom is 0.412 e. The first kappa shape index (κ1) is 21.0. The highest BCUT2D eigenvalue weighted by atomic mass is 16.7. The lowest BCUT2D eigenvalue weighted by Crippen LogP contribution is -2.27. The number of hydrogen-bond donors (Lipinski definition) is 1. The van der Waals surface area contributed by atoms with Crippen LogP contribution in [0.1, 0.15) is 51.8 Å². The van der Waals surface area contributed by atoms with Crippen molar-refractivity contribution in [1.29, 1.82) is 0 Å². The highest BCUT2D eigenvalue weighted by Crippen LogP contribution is 2.48. The Bertz CT molecular complexity index is 1030. The predicted octanol–water partition coefficient (Wildman–Crippen LogP) is 3.92. The molecule has 0 unspecified atom stereocenters. The topological polar surface area (TPSA) is 100 Å². The Morgan fingerprint density at radius 3 is 2.55 bits per heavy atom. The first-order valence-electron chi connectivity index (χ1n) is 10.1. The van der Waals surface area contributed by atoms with Crippen LogP contribution in [0.15, 0.2) is 41.2 Å². The van der Waals surface area contributed by atoms with Crippen molar-refractivity contribution in [3.8, 4) is 0 Å². The van der Waals surface area contributed by atoms with Gasteiger partial charge in [0.25, 0.3) is 6.29 Å². The van der Waals surface area contributed by atoms with Crippen LogP contribution in [0.2, 0.25) is 0 Å². The van der Waals surface area contributed by atoms with Gasteiger partial charge in [-0.05, 0) is 64.3 Å². The molecule has 31 heavy (non-hydrogen) atoms. The number of fused-ring (bicyclic) bond motifs is 3. The van der Waals surface area contributed by atoms with Gasteiger partial charge in [-0.1, -0.05) is 6.07 Å². The lowest BCUT2D eigenvalue weighted by atomic mass is 9.98. The molecule has 0 spiro atoms. The lowest BCUT2D eigenvalue weighted by molar-refractivity contribution is -0.153. The number of cyclic esters (lactones) is 1. The number of hydrogen-bond acceptors (Lipinski definition) is 7. The Hall–Kier alpha value is -3.29. The van der Waals surface area contributed by atoms with E-state index in [2.05, 4.69) is 5.32 Å². The highest BCUT2D eigenvalue weighted by molar-refractivity contribution is 5.93. The van der Waals surface area contributed by atoms with Crippen LogP contribution in [-0.4, -0.2) is 29.9 Å². The monoisotopic (exact) mass is 427 g/mol. The van der Waals surface area contributed by atoms with Gasteiger partial charge in [-0.3, -0.25) is 5.32 Å². The smallest absolute Gasteiger partial charge is 0.412 e. The zero-order valence-corrected chi connectivity index (χ0v) is 18.1. The number of rotatable bonds is 3. The second-order valence-corrected chi connectivity index (χ2v) is 8.93. The Morgan fingerprint density at radius 2 is 1.90 bits per heavy atom. The summed E-state index contributed by atoms with van der Waals surface area (Å²) >= 11 is 0. The van der Waals surface area contributed by atoms with Crippen LogP contribution in [0.3, 0.4) is 0 Å². The summed E-state index contributed by atoms with van der Waals surface area (Å²) in [6, 6.07) is 5.50. The van der Waals surface area contributed by atoms with Gasteiger partial charge in [-0.25, -0.2) is 14.4 Å². The van der Waals surface area contributed by atoms with Crippen molar-refractivity contribution in [3.05, 3.63) is 52.3 Å². The number of nitrogens with one attached hydrogen (secondary N) is 1. The number of anilines is 1. The number of carbonyl (C=O) groups is 3. The maximum absolute atomic E-state index is 12.5. The van der Waals surface area contributed by atoms with Crippen molar-refractivity contribution in [2.24, 2.45) is 5.92 Å². The quantitative estimate of drug-likeness (QED) is 0.338. The summed E-state index contributed by atoms with van der Waals surface area (Å²) in [5.41, 5.74) is 3.42. The summed E-state index contributed by atoms with van der Waals surface area (Å²) in [6.45, 7) is 8.80. The van der Waals surface area contributed by atoms with Gasteiger partial charge < -0.3 is 18.9 Å². The van der Waals surface area contributed by atoms with Crippen molar-refractivity contribution in [1.82, 2.24) is 0 Å². The number of benzene rings is 1. The Morgan fingerprint density at radius 1 is 1.16 bits per heavy atom. The maximum atomic E-state index is 12.5. The van der Waals surface area contributed by atoms with Crippen LogP contribution >= 0.6 is 0 Å². The van der Waals surface area contributed by atoms with E-state index in [1.54, 1.807) is 46.8 Å². The van der Waals surface area contributed by atoms with Gasteiger partial charge in [0.05, 0.1) is 11.8 Å². The third-order valence-electron chi connectivity index (χ3n) is 5.56. The molecule has 1 saturated heterocycles. The Balaban J connectivity index is 1.49. The summed E-state index contributed by atoms with van der Waals surface area (Å²) in [4.78, 5) is 36.2.